The number of nitrogens with zero attached hydrogens (tertiary/aromatic N) is 1. The average Bonchev–Trinajstić information content (AvgIpc) is 2.84. The number of nitrogens with two attached hydrogens (primary N) is 1. The second-order valence-corrected chi connectivity index (χ2v) is 4.85. The van der Waals surface area contributed by atoms with Crippen LogP contribution < -0.4 is 5.73 Å². The summed E-state index contributed by atoms with van der Waals surface area (Å²) >= 11 is 0. The van der Waals surface area contributed by atoms with Crippen LogP contribution in [-0.2, 0) is 0 Å². The molecule has 0 spiro atoms. The summed E-state index contributed by atoms with van der Waals surface area (Å²) in [5, 5.41) is 0. The summed E-state index contributed by atoms with van der Waals surface area (Å²) < 4.78 is 0. The highest BCUT2D eigenvalue weighted by Gasteiger charge is 2.31. The molecule has 1 aliphatic carbocycles. The van der Waals surface area contributed by atoms with Crippen molar-refractivity contribution in [2.45, 2.75) is 51.1 Å². The molecule has 0 aromatic carbocycles. The van der Waals surface area contributed by atoms with E-state index in [9.17, 15) is 0 Å². The summed E-state index contributed by atoms with van der Waals surface area (Å²) in [4.78, 5) is 2.47. The third-order valence-electron chi connectivity index (χ3n) is 2.81. The van der Waals surface area contributed by atoms with E-state index in [-0.39, 0.29) is 5.54 Å². The minimum Gasteiger partial charge on any atom is -0.324 e. The van der Waals surface area contributed by atoms with Crippen LogP contribution in [0.3, 0.4) is 0 Å². The number of hydrogen-bond acceptors (Lipinski definition) is 2. The van der Waals surface area contributed by atoms with Crippen LogP contribution in [-0.4, -0.2) is 29.6 Å². The highest BCUT2D eigenvalue weighted by Crippen LogP contribution is 2.28. The molecule has 1 unspecified atom stereocenters. The van der Waals surface area contributed by atoms with E-state index in [0.717, 1.165) is 25.6 Å². The first-order valence-electron chi connectivity index (χ1n) is 5.73. The van der Waals surface area contributed by atoms with E-state index in [2.05, 4.69) is 25.3 Å². The molecule has 1 rings (SSSR count). The first-order valence-corrected chi connectivity index (χ1v) is 5.73. The lowest BCUT2D eigenvalue weighted by molar-refractivity contribution is 0.219. The molecular formula is C12H24N2. The van der Waals surface area contributed by atoms with E-state index in [4.69, 9.17) is 5.73 Å². The topological polar surface area (TPSA) is 29.3 Å². The van der Waals surface area contributed by atoms with E-state index in [1.54, 1.807) is 0 Å². The molecule has 82 valence electrons. The molecule has 0 aliphatic heterocycles. The third-order valence-corrected chi connectivity index (χ3v) is 2.81. The van der Waals surface area contributed by atoms with Crippen molar-refractivity contribution in [3.05, 3.63) is 12.7 Å². The fourth-order valence-corrected chi connectivity index (χ4v) is 2.06. The van der Waals surface area contributed by atoms with Gasteiger partial charge in [-0.15, -0.1) is 6.58 Å². The standard InChI is InChI=1S/C12H24N2/c1-4-8-12(3,13)10-14(9-5-2)11-6-7-11/h5,11H,2,4,6-10,13H2,1,3H3. The fourth-order valence-electron chi connectivity index (χ4n) is 2.06. The quantitative estimate of drug-likeness (QED) is 0.632. The van der Waals surface area contributed by atoms with Crippen LogP contribution >= 0.6 is 0 Å². The Morgan fingerprint density at radius 2 is 2.21 bits per heavy atom. The van der Waals surface area contributed by atoms with Gasteiger partial charge < -0.3 is 5.73 Å². The zero-order valence-corrected chi connectivity index (χ0v) is 9.63. The zero-order chi connectivity index (χ0) is 10.6. The van der Waals surface area contributed by atoms with Crippen molar-refractivity contribution >= 4 is 0 Å². The van der Waals surface area contributed by atoms with Crippen LogP contribution in [0.1, 0.15) is 39.5 Å². The average molecular weight is 196 g/mol. The van der Waals surface area contributed by atoms with Gasteiger partial charge >= 0.3 is 0 Å². The van der Waals surface area contributed by atoms with Gasteiger partial charge in [-0.1, -0.05) is 19.4 Å². The number of rotatable bonds is 7. The van der Waals surface area contributed by atoms with Crippen LogP contribution in [0, 0.1) is 0 Å². The first-order chi connectivity index (χ1) is 6.59. The molecular weight excluding hydrogens is 172 g/mol. The Hall–Kier alpha value is -0.340. The van der Waals surface area contributed by atoms with Gasteiger partial charge in [-0.05, 0) is 26.2 Å². The third kappa shape index (κ3) is 3.81. The Morgan fingerprint density at radius 3 is 2.64 bits per heavy atom. The molecule has 0 amide bonds. The Kier molecular flexibility index (Phi) is 4.14. The van der Waals surface area contributed by atoms with Crippen molar-refractivity contribution in [1.29, 1.82) is 0 Å². The highest BCUT2D eigenvalue weighted by atomic mass is 15.2. The molecule has 0 heterocycles. The monoisotopic (exact) mass is 196 g/mol. The minimum absolute atomic E-state index is 0.0274. The first kappa shape index (κ1) is 11.7. The van der Waals surface area contributed by atoms with Gasteiger partial charge in [-0.3, -0.25) is 4.90 Å². The summed E-state index contributed by atoms with van der Waals surface area (Å²) in [6.45, 7) is 10.2. The molecule has 2 heteroatoms. The molecule has 2 N–H and O–H groups in total. The van der Waals surface area contributed by atoms with E-state index >= 15 is 0 Å². The van der Waals surface area contributed by atoms with Gasteiger partial charge in [0.1, 0.15) is 0 Å². The van der Waals surface area contributed by atoms with Gasteiger partial charge in [0.25, 0.3) is 0 Å². The lowest BCUT2D eigenvalue weighted by atomic mass is 9.97. The van der Waals surface area contributed by atoms with Crippen molar-refractivity contribution in [3.8, 4) is 0 Å². The summed E-state index contributed by atoms with van der Waals surface area (Å²) in [6.07, 6.45) is 6.94. The summed E-state index contributed by atoms with van der Waals surface area (Å²) in [5.74, 6) is 0. The van der Waals surface area contributed by atoms with Crippen molar-refractivity contribution in [2.24, 2.45) is 5.73 Å². The molecule has 0 saturated heterocycles. The predicted molar refractivity (Wildman–Crippen MR) is 62.3 cm³/mol. The molecule has 1 fully saturated rings. The van der Waals surface area contributed by atoms with Crippen molar-refractivity contribution < 1.29 is 0 Å². The molecule has 0 aromatic rings. The molecule has 1 aliphatic rings. The van der Waals surface area contributed by atoms with Crippen LogP contribution in [0.4, 0.5) is 0 Å². The summed E-state index contributed by atoms with van der Waals surface area (Å²) in [5.41, 5.74) is 6.22. The van der Waals surface area contributed by atoms with Crippen molar-refractivity contribution in [1.82, 2.24) is 4.90 Å². The summed E-state index contributed by atoms with van der Waals surface area (Å²) in [6, 6.07) is 0.785. The van der Waals surface area contributed by atoms with Gasteiger partial charge in [0.05, 0.1) is 0 Å². The number of hydrogen-bond donors (Lipinski definition) is 1. The molecule has 0 bridgehead atoms. The van der Waals surface area contributed by atoms with Gasteiger partial charge in [-0.2, -0.15) is 0 Å². The second-order valence-electron chi connectivity index (χ2n) is 4.85. The lowest BCUT2D eigenvalue weighted by Gasteiger charge is -2.32. The van der Waals surface area contributed by atoms with Crippen LogP contribution in [0.5, 0.6) is 0 Å². The second kappa shape index (κ2) is 4.94. The van der Waals surface area contributed by atoms with Gasteiger partial charge in [-0.25, -0.2) is 0 Å². The van der Waals surface area contributed by atoms with Crippen LogP contribution in [0.2, 0.25) is 0 Å². The van der Waals surface area contributed by atoms with E-state index in [1.165, 1.54) is 19.3 Å². The van der Waals surface area contributed by atoms with Gasteiger partial charge in [0.15, 0.2) is 0 Å². The molecule has 14 heavy (non-hydrogen) atoms. The van der Waals surface area contributed by atoms with E-state index < -0.39 is 0 Å². The SMILES string of the molecule is C=CCN(CC(C)(N)CCC)C1CC1. The highest BCUT2D eigenvalue weighted by molar-refractivity contribution is 4.93. The van der Waals surface area contributed by atoms with Crippen molar-refractivity contribution in [2.75, 3.05) is 13.1 Å². The normalized spacial score (nSPS) is 20.9. The Labute approximate surface area is 88.2 Å². The van der Waals surface area contributed by atoms with Gasteiger partial charge in [0.2, 0.25) is 0 Å². The molecule has 1 saturated carbocycles. The Morgan fingerprint density at radius 1 is 1.57 bits per heavy atom. The summed E-state index contributed by atoms with van der Waals surface area (Å²) in [7, 11) is 0. The molecule has 0 aromatic heterocycles. The van der Waals surface area contributed by atoms with Crippen LogP contribution in [0.15, 0.2) is 12.7 Å². The Bertz CT molecular complexity index is 183. The maximum Gasteiger partial charge on any atom is 0.0254 e. The fraction of sp³-hybridized carbons (Fsp3) is 0.833. The van der Waals surface area contributed by atoms with Crippen LogP contribution in [0.25, 0.3) is 0 Å². The molecule has 0 radical (unpaired) electrons. The largest absolute Gasteiger partial charge is 0.324 e. The zero-order valence-electron chi connectivity index (χ0n) is 9.63. The van der Waals surface area contributed by atoms with Crippen molar-refractivity contribution in [3.63, 3.8) is 0 Å². The minimum atomic E-state index is -0.0274. The molecule has 1 atom stereocenters. The van der Waals surface area contributed by atoms with E-state index in [0.29, 0.717) is 0 Å². The maximum atomic E-state index is 6.25. The maximum absolute atomic E-state index is 6.25. The lowest BCUT2D eigenvalue weighted by Crippen LogP contribution is -2.48. The molecule has 2 nitrogen and oxygen atoms in total. The van der Waals surface area contributed by atoms with Gasteiger partial charge in [0, 0.05) is 24.7 Å². The Balaban J connectivity index is 2.40. The van der Waals surface area contributed by atoms with E-state index in [1.807, 2.05) is 6.08 Å². The smallest absolute Gasteiger partial charge is 0.0254 e. The predicted octanol–water partition coefficient (Wildman–Crippen LogP) is 2.15.